The first-order chi connectivity index (χ1) is 10.9. The predicted molar refractivity (Wildman–Crippen MR) is 83.1 cm³/mol. The summed E-state index contributed by atoms with van der Waals surface area (Å²) < 4.78 is 18.7. The van der Waals surface area contributed by atoms with Gasteiger partial charge in [0.15, 0.2) is 6.61 Å². The number of carbonyl (C=O) groups excluding carboxylic acids is 1. The number of halogens is 1. The molecule has 0 atom stereocenters. The third kappa shape index (κ3) is 4.26. The molecule has 0 bridgehead atoms. The van der Waals surface area contributed by atoms with Crippen LogP contribution < -0.4 is 10.1 Å². The van der Waals surface area contributed by atoms with Crippen LogP contribution in [0, 0.1) is 29.8 Å². The van der Waals surface area contributed by atoms with Crippen LogP contribution in [-0.4, -0.2) is 17.4 Å². The normalized spacial score (nSPS) is 10.2. The van der Waals surface area contributed by atoms with Crippen LogP contribution in [0.5, 0.6) is 5.75 Å². The third-order valence-electron chi connectivity index (χ3n) is 3.13. The van der Waals surface area contributed by atoms with Crippen LogP contribution in [0.1, 0.15) is 11.1 Å². The lowest BCUT2D eigenvalue weighted by atomic mass is 10.1. The summed E-state index contributed by atoms with van der Waals surface area (Å²) in [6, 6.07) is 8.76. The van der Waals surface area contributed by atoms with Crippen LogP contribution in [-0.2, 0) is 4.79 Å². The van der Waals surface area contributed by atoms with E-state index in [1.54, 1.807) is 0 Å². The van der Waals surface area contributed by atoms with Gasteiger partial charge in [0, 0.05) is 11.8 Å². The minimum Gasteiger partial charge on any atom is -0.483 e. The summed E-state index contributed by atoms with van der Waals surface area (Å²) >= 11 is 0. The molecule has 0 aromatic heterocycles. The summed E-state index contributed by atoms with van der Waals surface area (Å²) in [6.45, 7) is 3.51. The quantitative estimate of drug-likeness (QED) is 0.677. The Bertz CT molecular complexity index is 762. The smallest absolute Gasteiger partial charge is 0.306 e. The van der Waals surface area contributed by atoms with Crippen molar-refractivity contribution in [3.63, 3.8) is 0 Å². The van der Waals surface area contributed by atoms with Crippen molar-refractivity contribution in [1.82, 2.24) is 0 Å². The number of carbonyl (C=O) groups is 1. The molecule has 23 heavy (non-hydrogen) atoms. The van der Waals surface area contributed by atoms with Gasteiger partial charge in [0.2, 0.25) is 5.82 Å². The van der Waals surface area contributed by atoms with E-state index < -0.39 is 22.3 Å². The van der Waals surface area contributed by atoms with E-state index in [9.17, 15) is 19.3 Å². The van der Waals surface area contributed by atoms with Crippen LogP contribution in [0.3, 0.4) is 0 Å². The van der Waals surface area contributed by atoms with Gasteiger partial charge in [-0.15, -0.1) is 0 Å². The maximum absolute atomic E-state index is 13.2. The molecule has 2 aromatic carbocycles. The molecule has 1 amide bonds. The Balaban J connectivity index is 2.01. The van der Waals surface area contributed by atoms with E-state index in [4.69, 9.17) is 4.74 Å². The van der Waals surface area contributed by atoms with Crippen molar-refractivity contribution < 1.29 is 18.8 Å². The van der Waals surface area contributed by atoms with Crippen LogP contribution in [0.4, 0.5) is 15.8 Å². The lowest BCUT2D eigenvalue weighted by molar-refractivity contribution is -0.387. The molecule has 0 saturated carbocycles. The molecule has 6 nitrogen and oxygen atoms in total. The zero-order valence-electron chi connectivity index (χ0n) is 12.6. The molecule has 0 spiro atoms. The average molecular weight is 318 g/mol. The number of nitro benzene ring substituents is 1. The van der Waals surface area contributed by atoms with Gasteiger partial charge < -0.3 is 10.1 Å². The second-order valence-electron chi connectivity index (χ2n) is 5.03. The monoisotopic (exact) mass is 318 g/mol. The number of ether oxygens (including phenoxy) is 1. The molecule has 0 radical (unpaired) electrons. The Kier molecular flexibility index (Phi) is 4.90. The van der Waals surface area contributed by atoms with Crippen molar-refractivity contribution in [1.29, 1.82) is 0 Å². The first-order valence-corrected chi connectivity index (χ1v) is 6.80. The van der Waals surface area contributed by atoms with E-state index >= 15 is 0 Å². The number of nitro groups is 1. The van der Waals surface area contributed by atoms with Gasteiger partial charge in [-0.05, 0) is 43.2 Å². The standard InChI is InChI=1S/C16H15FN2O4/c1-10-3-4-11(2)15(7-10)23-9-16(20)18-12-5-6-13(17)14(8-12)19(21)22/h3-8H,9H2,1-2H3,(H,18,20). The third-order valence-corrected chi connectivity index (χ3v) is 3.13. The van der Waals surface area contributed by atoms with Gasteiger partial charge in [0.05, 0.1) is 4.92 Å². The lowest BCUT2D eigenvalue weighted by Crippen LogP contribution is -2.20. The van der Waals surface area contributed by atoms with E-state index in [0.717, 1.165) is 23.3 Å². The second-order valence-corrected chi connectivity index (χ2v) is 5.03. The minimum atomic E-state index is -0.959. The second kappa shape index (κ2) is 6.87. The Morgan fingerprint density at radius 1 is 1.26 bits per heavy atom. The molecule has 0 aliphatic rings. The zero-order chi connectivity index (χ0) is 17.0. The Morgan fingerprint density at radius 3 is 2.70 bits per heavy atom. The van der Waals surface area contributed by atoms with Crippen molar-refractivity contribution in [2.75, 3.05) is 11.9 Å². The molecule has 2 rings (SSSR count). The molecule has 7 heteroatoms. The summed E-state index contributed by atoms with van der Waals surface area (Å²) in [5.74, 6) is -0.864. The highest BCUT2D eigenvalue weighted by Gasteiger charge is 2.15. The number of nitrogens with one attached hydrogen (secondary N) is 1. The van der Waals surface area contributed by atoms with Crippen molar-refractivity contribution >= 4 is 17.3 Å². The first kappa shape index (κ1) is 16.4. The van der Waals surface area contributed by atoms with Crippen molar-refractivity contribution in [3.8, 4) is 5.75 Å². The average Bonchev–Trinajstić information content (AvgIpc) is 2.50. The van der Waals surface area contributed by atoms with Gasteiger partial charge in [0.1, 0.15) is 5.75 Å². The van der Waals surface area contributed by atoms with Gasteiger partial charge in [-0.2, -0.15) is 4.39 Å². The van der Waals surface area contributed by atoms with Gasteiger partial charge in [-0.1, -0.05) is 12.1 Å². The molecule has 0 aliphatic heterocycles. The van der Waals surface area contributed by atoms with E-state index in [-0.39, 0.29) is 12.3 Å². The van der Waals surface area contributed by atoms with Gasteiger partial charge in [-0.25, -0.2) is 0 Å². The van der Waals surface area contributed by atoms with Crippen LogP contribution >= 0.6 is 0 Å². The van der Waals surface area contributed by atoms with Crippen LogP contribution in [0.25, 0.3) is 0 Å². The fourth-order valence-corrected chi connectivity index (χ4v) is 1.93. The number of benzene rings is 2. The van der Waals surface area contributed by atoms with Crippen LogP contribution in [0.2, 0.25) is 0 Å². The van der Waals surface area contributed by atoms with Crippen LogP contribution in [0.15, 0.2) is 36.4 Å². The number of amides is 1. The number of hydrogen-bond donors (Lipinski definition) is 1. The number of rotatable bonds is 5. The number of aryl methyl sites for hydroxylation is 2. The fourth-order valence-electron chi connectivity index (χ4n) is 1.93. The van der Waals surface area contributed by atoms with E-state index in [0.29, 0.717) is 5.75 Å². The fraction of sp³-hybridized carbons (Fsp3) is 0.188. The molecule has 0 saturated heterocycles. The van der Waals surface area contributed by atoms with Gasteiger partial charge in [0.25, 0.3) is 5.91 Å². The largest absolute Gasteiger partial charge is 0.483 e. The highest BCUT2D eigenvalue weighted by molar-refractivity contribution is 5.92. The molecular weight excluding hydrogens is 303 g/mol. The van der Waals surface area contributed by atoms with Crippen molar-refractivity contribution in [2.24, 2.45) is 0 Å². The molecule has 120 valence electrons. The summed E-state index contributed by atoms with van der Waals surface area (Å²) in [7, 11) is 0. The Hall–Kier alpha value is -2.96. The molecule has 0 unspecified atom stereocenters. The highest BCUT2D eigenvalue weighted by Crippen LogP contribution is 2.22. The molecule has 0 heterocycles. The lowest BCUT2D eigenvalue weighted by Gasteiger charge is -2.10. The Morgan fingerprint density at radius 2 is 2.00 bits per heavy atom. The van der Waals surface area contributed by atoms with E-state index in [2.05, 4.69) is 5.32 Å². The summed E-state index contributed by atoms with van der Waals surface area (Å²) in [4.78, 5) is 21.7. The number of hydrogen-bond acceptors (Lipinski definition) is 4. The first-order valence-electron chi connectivity index (χ1n) is 6.80. The summed E-state index contributed by atoms with van der Waals surface area (Å²) in [6.07, 6.45) is 0. The van der Waals surface area contributed by atoms with Crippen molar-refractivity contribution in [3.05, 3.63) is 63.5 Å². The molecular formula is C16H15FN2O4. The zero-order valence-corrected chi connectivity index (χ0v) is 12.6. The van der Waals surface area contributed by atoms with Gasteiger partial charge in [-0.3, -0.25) is 14.9 Å². The molecule has 0 fully saturated rings. The van der Waals surface area contributed by atoms with Gasteiger partial charge >= 0.3 is 5.69 Å². The van der Waals surface area contributed by atoms with Crippen molar-refractivity contribution in [2.45, 2.75) is 13.8 Å². The SMILES string of the molecule is Cc1ccc(C)c(OCC(=O)Nc2ccc(F)c([N+](=O)[O-])c2)c1. The minimum absolute atomic E-state index is 0.132. The summed E-state index contributed by atoms with van der Waals surface area (Å²) in [5, 5.41) is 13.1. The van der Waals surface area contributed by atoms with E-state index in [1.165, 1.54) is 6.07 Å². The highest BCUT2D eigenvalue weighted by atomic mass is 19.1. The molecule has 1 N–H and O–H groups in total. The predicted octanol–water partition coefficient (Wildman–Crippen LogP) is 3.37. The maximum atomic E-state index is 13.2. The molecule has 0 aliphatic carbocycles. The topological polar surface area (TPSA) is 81.5 Å². The molecule has 2 aromatic rings. The van der Waals surface area contributed by atoms with E-state index in [1.807, 2.05) is 32.0 Å². The Labute approximate surface area is 132 Å². The maximum Gasteiger partial charge on any atom is 0.306 e. The number of anilines is 1. The number of nitrogens with zero attached hydrogens (tertiary/aromatic N) is 1. The summed E-state index contributed by atoms with van der Waals surface area (Å²) in [5.41, 5.74) is 1.33.